The molecule has 1 atom stereocenters. The van der Waals surface area contributed by atoms with Gasteiger partial charge in [-0.3, -0.25) is 4.79 Å². The Morgan fingerprint density at radius 3 is 2.85 bits per heavy atom. The van der Waals surface area contributed by atoms with Crippen molar-refractivity contribution in [1.82, 2.24) is 5.32 Å². The average Bonchev–Trinajstić information content (AvgIpc) is 2.48. The van der Waals surface area contributed by atoms with E-state index in [4.69, 9.17) is 10.5 Å². The van der Waals surface area contributed by atoms with Crippen LogP contribution in [0, 0.1) is 0 Å². The van der Waals surface area contributed by atoms with Crippen molar-refractivity contribution >= 4 is 23.4 Å². The lowest BCUT2D eigenvalue weighted by Gasteiger charge is -2.21. The molecule has 3 N–H and O–H groups in total. The number of hydrogen-bond acceptors (Lipinski definition) is 4. The summed E-state index contributed by atoms with van der Waals surface area (Å²) in [5, 5.41) is 3.58. The molecule has 0 spiro atoms. The second-order valence-electron chi connectivity index (χ2n) is 4.96. The minimum absolute atomic E-state index is 0.0617. The Bertz CT molecular complexity index is 416. The molecule has 5 heteroatoms. The first-order valence-electron chi connectivity index (χ1n) is 7.10. The number of nitrogens with one attached hydrogen (secondary N) is 1. The normalized spacial score (nSPS) is 18.5. The molecule has 0 radical (unpaired) electrons. The molecular formula is C15H22N2O2S. The summed E-state index contributed by atoms with van der Waals surface area (Å²) in [7, 11) is 0. The van der Waals surface area contributed by atoms with Gasteiger partial charge in [-0.05, 0) is 42.9 Å². The van der Waals surface area contributed by atoms with E-state index in [2.05, 4.69) is 5.32 Å². The molecule has 1 aromatic carbocycles. The Morgan fingerprint density at radius 1 is 1.35 bits per heavy atom. The number of anilines is 1. The maximum absolute atomic E-state index is 11.7. The zero-order valence-electron chi connectivity index (χ0n) is 11.6. The molecule has 0 bridgehead atoms. The maximum atomic E-state index is 11.7. The van der Waals surface area contributed by atoms with E-state index in [1.54, 1.807) is 12.1 Å². The highest BCUT2D eigenvalue weighted by Crippen LogP contribution is 2.24. The number of carbonyl (C=O) groups is 1. The number of ether oxygens (including phenoxy) is 1. The minimum Gasteiger partial charge on any atom is -0.493 e. The van der Waals surface area contributed by atoms with Crippen molar-refractivity contribution in [3.63, 3.8) is 0 Å². The van der Waals surface area contributed by atoms with Crippen LogP contribution in [-0.2, 0) is 4.79 Å². The summed E-state index contributed by atoms with van der Waals surface area (Å²) in [5.41, 5.74) is 6.30. The molecule has 20 heavy (non-hydrogen) atoms. The highest BCUT2D eigenvalue weighted by atomic mass is 32.2. The third-order valence-corrected chi connectivity index (χ3v) is 4.68. The van der Waals surface area contributed by atoms with Gasteiger partial charge in [0.05, 0.1) is 13.0 Å². The van der Waals surface area contributed by atoms with Gasteiger partial charge in [-0.25, -0.2) is 0 Å². The third-order valence-electron chi connectivity index (χ3n) is 3.28. The van der Waals surface area contributed by atoms with Crippen LogP contribution in [0.2, 0.25) is 0 Å². The fourth-order valence-corrected chi connectivity index (χ4v) is 3.35. The molecule has 1 heterocycles. The SMILES string of the molecule is Nc1ccc(OCCC(=O)NCC2CCCCS2)cc1. The van der Waals surface area contributed by atoms with Crippen LogP contribution < -0.4 is 15.8 Å². The zero-order chi connectivity index (χ0) is 14.2. The molecule has 1 unspecified atom stereocenters. The molecule has 0 aromatic heterocycles. The van der Waals surface area contributed by atoms with E-state index < -0.39 is 0 Å². The molecule has 4 nitrogen and oxygen atoms in total. The van der Waals surface area contributed by atoms with E-state index in [9.17, 15) is 4.79 Å². The van der Waals surface area contributed by atoms with Crippen LogP contribution in [0.4, 0.5) is 5.69 Å². The number of thioether (sulfide) groups is 1. The molecule has 1 amide bonds. The van der Waals surface area contributed by atoms with Gasteiger partial charge in [-0.1, -0.05) is 6.42 Å². The summed E-state index contributed by atoms with van der Waals surface area (Å²) in [6.07, 6.45) is 4.20. The van der Waals surface area contributed by atoms with E-state index in [0.717, 1.165) is 12.3 Å². The van der Waals surface area contributed by atoms with E-state index >= 15 is 0 Å². The Labute approximate surface area is 124 Å². The van der Waals surface area contributed by atoms with Gasteiger partial charge in [0.2, 0.25) is 5.91 Å². The Balaban J connectivity index is 1.58. The lowest BCUT2D eigenvalue weighted by Crippen LogP contribution is -2.32. The molecule has 1 fully saturated rings. The largest absolute Gasteiger partial charge is 0.493 e. The first kappa shape index (κ1) is 15.0. The number of nitrogens with two attached hydrogens (primary N) is 1. The number of rotatable bonds is 6. The fourth-order valence-electron chi connectivity index (χ4n) is 2.11. The van der Waals surface area contributed by atoms with Crippen LogP contribution in [0.5, 0.6) is 5.75 Å². The van der Waals surface area contributed by atoms with Crippen LogP contribution in [-0.4, -0.2) is 30.1 Å². The van der Waals surface area contributed by atoms with Crippen LogP contribution in [0.3, 0.4) is 0 Å². The fraction of sp³-hybridized carbons (Fsp3) is 0.533. The van der Waals surface area contributed by atoms with Crippen LogP contribution in [0.1, 0.15) is 25.7 Å². The van der Waals surface area contributed by atoms with Crippen LogP contribution >= 0.6 is 11.8 Å². The summed E-state index contributed by atoms with van der Waals surface area (Å²) < 4.78 is 5.50. The van der Waals surface area contributed by atoms with Gasteiger partial charge in [0.15, 0.2) is 0 Å². The van der Waals surface area contributed by atoms with E-state index in [0.29, 0.717) is 24.0 Å². The molecule has 1 aromatic rings. The van der Waals surface area contributed by atoms with Crippen molar-refractivity contribution in [2.75, 3.05) is 24.6 Å². The first-order valence-corrected chi connectivity index (χ1v) is 8.15. The average molecular weight is 294 g/mol. The van der Waals surface area contributed by atoms with Gasteiger partial charge in [-0.15, -0.1) is 0 Å². The third kappa shape index (κ3) is 5.33. The lowest BCUT2D eigenvalue weighted by molar-refractivity contribution is -0.121. The summed E-state index contributed by atoms with van der Waals surface area (Å²) in [4.78, 5) is 11.7. The number of nitrogen functional groups attached to an aromatic ring is 1. The Hall–Kier alpha value is -1.36. The predicted octanol–water partition coefficient (Wildman–Crippen LogP) is 2.44. The van der Waals surface area contributed by atoms with Gasteiger partial charge in [-0.2, -0.15) is 11.8 Å². The molecule has 110 valence electrons. The predicted molar refractivity (Wildman–Crippen MR) is 84.1 cm³/mol. The Kier molecular flexibility index (Phi) is 6.05. The highest BCUT2D eigenvalue weighted by Gasteiger charge is 2.14. The number of amides is 1. The molecular weight excluding hydrogens is 272 g/mol. The molecule has 1 saturated heterocycles. The smallest absolute Gasteiger partial charge is 0.223 e. The molecule has 0 aliphatic carbocycles. The summed E-state index contributed by atoms with van der Waals surface area (Å²) in [5.74, 6) is 2.03. The van der Waals surface area contributed by atoms with Crippen molar-refractivity contribution in [1.29, 1.82) is 0 Å². The quantitative estimate of drug-likeness (QED) is 0.791. The van der Waals surface area contributed by atoms with Gasteiger partial charge < -0.3 is 15.8 Å². The monoisotopic (exact) mass is 294 g/mol. The molecule has 2 rings (SSSR count). The van der Waals surface area contributed by atoms with Gasteiger partial charge in [0.1, 0.15) is 5.75 Å². The van der Waals surface area contributed by atoms with E-state index in [1.807, 2.05) is 23.9 Å². The highest BCUT2D eigenvalue weighted by molar-refractivity contribution is 7.99. The van der Waals surface area contributed by atoms with Crippen molar-refractivity contribution in [2.45, 2.75) is 30.9 Å². The summed E-state index contributed by atoms with van der Waals surface area (Å²) >= 11 is 1.97. The first-order chi connectivity index (χ1) is 9.74. The van der Waals surface area contributed by atoms with Crippen molar-refractivity contribution in [3.05, 3.63) is 24.3 Å². The molecule has 1 aliphatic rings. The van der Waals surface area contributed by atoms with Crippen molar-refractivity contribution in [2.24, 2.45) is 0 Å². The summed E-state index contributed by atoms with van der Waals surface area (Å²) in [6, 6.07) is 7.20. The second kappa shape index (κ2) is 8.04. The molecule has 1 aliphatic heterocycles. The minimum atomic E-state index is 0.0617. The maximum Gasteiger partial charge on any atom is 0.223 e. The van der Waals surface area contributed by atoms with E-state index in [-0.39, 0.29) is 5.91 Å². The Morgan fingerprint density at radius 2 is 2.15 bits per heavy atom. The number of carbonyl (C=O) groups excluding carboxylic acids is 1. The number of hydrogen-bond donors (Lipinski definition) is 2. The molecule has 0 saturated carbocycles. The topological polar surface area (TPSA) is 64.3 Å². The van der Waals surface area contributed by atoms with Crippen LogP contribution in [0.25, 0.3) is 0 Å². The van der Waals surface area contributed by atoms with Gasteiger partial charge in [0.25, 0.3) is 0 Å². The van der Waals surface area contributed by atoms with Crippen molar-refractivity contribution < 1.29 is 9.53 Å². The standard InChI is InChI=1S/C15H22N2O2S/c16-12-4-6-13(7-5-12)19-9-8-15(18)17-11-14-3-1-2-10-20-14/h4-7,14H,1-3,8-11,16H2,(H,17,18). The van der Waals surface area contributed by atoms with E-state index in [1.165, 1.54) is 25.0 Å². The lowest BCUT2D eigenvalue weighted by atomic mass is 10.2. The second-order valence-corrected chi connectivity index (χ2v) is 6.37. The van der Waals surface area contributed by atoms with Gasteiger partial charge >= 0.3 is 0 Å². The van der Waals surface area contributed by atoms with Crippen molar-refractivity contribution in [3.8, 4) is 5.75 Å². The van der Waals surface area contributed by atoms with Gasteiger partial charge in [0, 0.05) is 17.5 Å². The number of benzene rings is 1. The zero-order valence-corrected chi connectivity index (χ0v) is 12.5. The summed E-state index contributed by atoms with van der Waals surface area (Å²) in [6.45, 7) is 1.18. The van der Waals surface area contributed by atoms with Crippen LogP contribution in [0.15, 0.2) is 24.3 Å².